The van der Waals surface area contributed by atoms with Gasteiger partial charge in [0.05, 0.1) is 5.56 Å². The van der Waals surface area contributed by atoms with Crippen LogP contribution in [-0.2, 0) is 9.53 Å². The van der Waals surface area contributed by atoms with Crippen molar-refractivity contribution in [2.75, 3.05) is 0 Å². The van der Waals surface area contributed by atoms with E-state index in [0.29, 0.717) is 5.56 Å². The summed E-state index contributed by atoms with van der Waals surface area (Å²) in [5, 5.41) is 3.21. The lowest BCUT2D eigenvalue weighted by atomic mass is 9.53. The van der Waals surface area contributed by atoms with Crippen LogP contribution < -0.4 is 5.32 Å². The van der Waals surface area contributed by atoms with Crippen molar-refractivity contribution in [2.24, 2.45) is 17.8 Å². The van der Waals surface area contributed by atoms with Crippen LogP contribution in [-0.4, -0.2) is 23.5 Å². The molecule has 0 radical (unpaired) electrons. The van der Waals surface area contributed by atoms with Crippen molar-refractivity contribution in [3.63, 3.8) is 0 Å². The highest BCUT2D eigenvalue weighted by Crippen LogP contribution is 2.55. The summed E-state index contributed by atoms with van der Waals surface area (Å²) < 4.78 is 18.9. The second-order valence-corrected chi connectivity index (χ2v) is 8.70. The number of carbonyl (C=O) groups is 2. The van der Waals surface area contributed by atoms with Gasteiger partial charge in [-0.3, -0.25) is 4.79 Å². The van der Waals surface area contributed by atoms with E-state index in [1.807, 2.05) is 0 Å². The lowest BCUT2D eigenvalue weighted by Crippen LogP contribution is -2.61. The predicted octanol–water partition coefficient (Wildman–Crippen LogP) is 3.76. The van der Waals surface area contributed by atoms with E-state index in [4.69, 9.17) is 4.74 Å². The molecule has 1 atom stereocenters. The smallest absolute Gasteiger partial charge is 0.339 e. The maximum atomic E-state index is 13.6. The first-order valence-electron chi connectivity index (χ1n) is 9.63. The van der Waals surface area contributed by atoms with Gasteiger partial charge in [-0.2, -0.15) is 0 Å². The topological polar surface area (TPSA) is 55.4 Å². The summed E-state index contributed by atoms with van der Waals surface area (Å²) in [5.74, 6) is 0.829. The molecule has 4 aliphatic rings. The van der Waals surface area contributed by atoms with Crippen LogP contribution in [0.2, 0.25) is 0 Å². The molecular weight excluding hydrogens is 333 g/mol. The summed E-state index contributed by atoms with van der Waals surface area (Å²) in [5.41, 5.74) is 0.486. The second-order valence-electron chi connectivity index (χ2n) is 8.70. The van der Waals surface area contributed by atoms with Gasteiger partial charge < -0.3 is 10.1 Å². The molecule has 0 unspecified atom stereocenters. The third kappa shape index (κ3) is 3.24. The van der Waals surface area contributed by atoms with Gasteiger partial charge in [0, 0.05) is 5.54 Å². The molecule has 0 aliphatic heterocycles. The average Bonchev–Trinajstić information content (AvgIpc) is 2.55. The zero-order chi connectivity index (χ0) is 18.5. The molecule has 4 bridgehead atoms. The van der Waals surface area contributed by atoms with Crippen LogP contribution in [0.15, 0.2) is 18.2 Å². The molecule has 0 spiro atoms. The van der Waals surface area contributed by atoms with Gasteiger partial charge in [-0.15, -0.1) is 0 Å². The Labute approximate surface area is 153 Å². The quantitative estimate of drug-likeness (QED) is 0.833. The van der Waals surface area contributed by atoms with Crippen molar-refractivity contribution >= 4 is 11.9 Å². The van der Waals surface area contributed by atoms with E-state index in [0.717, 1.165) is 43.1 Å². The molecule has 4 fully saturated rings. The molecule has 4 saturated carbocycles. The summed E-state index contributed by atoms with van der Waals surface area (Å²) >= 11 is 0. The fourth-order valence-electron chi connectivity index (χ4n) is 5.63. The number of amides is 1. The minimum atomic E-state index is -0.889. The van der Waals surface area contributed by atoms with Crippen LogP contribution in [0.4, 0.5) is 4.39 Å². The molecule has 0 saturated heterocycles. The number of aryl methyl sites for hydroxylation is 1. The van der Waals surface area contributed by atoms with Crippen LogP contribution in [0.5, 0.6) is 0 Å². The van der Waals surface area contributed by atoms with E-state index in [1.165, 1.54) is 31.4 Å². The average molecular weight is 359 g/mol. The Morgan fingerprint density at radius 3 is 2.27 bits per heavy atom. The molecule has 5 heteroatoms. The third-order valence-corrected chi connectivity index (χ3v) is 6.49. The number of hydrogen-bond donors (Lipinski definition) is 1. The molecule has 4 nitrogen and oxygen atoms in total. The Bertz CT molecular complexity index is 709. The van der Waals surface area contributed by atoms with E-state index in [9.17, 15) is 14.0 Å². The Balaban J connectivity index is 1.39. The van der Waals surface area contributed by atoms with Crippen LogP contribution >= 0.6 is 0 Å². The maximum Gasteiger partial charge on any atom is 0.339 e. The second kappa shape index (κ2) is 6.36. The summed E-state index contributed by atoms with van der Waals surface area (Å²) in [6.45, 7) is 3.21. The van der Waals surface area contributed by atoms with Gasteiger partial charge in [0.2, 0.25) is 0 Å². The maximum absolute atomic E-state index is 13.6. The lowest BCUT2D eigenvalue weighted by Gasteiger charge is -2.57. The number of hydrogen-bond acceptors (Lipinski definition) is 3. The van der Waals surface area contributed by atoms with E-state index in [-0.39, 0.29) is 17.0 Å². The highest BCUT2D eigenvalue weighted by Gasteiger charge is 2.51. The molecule has 26 heavy (non-hydrogen) atoms. The van der Waals surface area contributed by atoms with E-state index < -0.39 is 17.9 Å². The van der Waals surface area contributed by atoms with Gasteiger partial charge in [-0.05, 0) is 87.8 Å². The van der Waals surface area contributed by atoms with Crippen molar-refractivity contribution in [2.45, 2.75) is 64.0 Å². The summed E-state index contributed by atoms with van der Waals surface area (Å²) in [7, 11) is 0. The standard InChI is InChI=1S/C21H26FNO3/c1-12-3-4-17(8-18(12)22)20(25)26-13(2)19(24)23-21-9-14-5-15(10-21)7-16(6-14)11-21/h3-4,8,13-16H,5-7,9-11H2,1-2H3,(H,23,24)/t13-,14?,15?,16?,21?/m0/s1. The van der Waals surface area contributed by atoms with Crippen LogP contribution in [0.3, 0.4) is 0 Å². The van der Waals surface area contributed by atoms with E-state index in [2.05, 4.69) is 5.32 Å². The number of benzene rings is 1. The SMILES string of the molecule is Cc1ccc(C(=O)O[C@@H](C)C(=O)NC23CC4CC(CC(C4)C2)C3)cc1F. The van der Waals surface area contributed by atoms with Crippen LogP contribution in [0, 0.1) is 30.5 Å². The fourth-order valence-corrected chi connectivity index (χ4v) is 5.63. The monoisotopic (exact) mass is 359 g/mol. The van der Waals surface area contributed by atoms with Crippen LogP contribution in [0.1, 0.15) is 61.4 Å². The van der Waals surface area contributed by atoms with Gasteiger partial charge in [0.1, 0.15) is 5.82 Å². The predicted molar refractivity (Wildman–Crippen MR) is 95.1 cm³/mol. The number of rotatable bonds is 4. The van der Waals surface area contributed by atoms with Gasteiger partial charge >= 0.3 is 5.97 Å². The normalized spacial score (nSPS) is 33.0. The van der Waals surface area contributed by atoms with Gasteiger partial charge in [0.25, 0.3) is 5.91 Å². The number of esters is 1. The first-order chi connectivity index (χ1) is 12.3. The molecule has 0 heterocycles. The first-order valence-corrected chi connectivity index (χ1v) is 9.63. The van der Waals surface area contributed by atoms with Crippen molar-refractivity contribution in [1.82, 2.24) is 5.32 Å². The molecule has 1 amide bonds. The highest BCUT2D eigenvalue weighted by atomic mass is 19.1. The largest absolute Gasteiger partial charge is 0.449 e. The Kier molecular flexibility index (Phi) is 4.28. The Morgan fingerprint density at radius 2 is 1.73 bits per heavy atom. The number of nitrogens with one attached hydrogen (secondary N) is 1. The summed E-state index contributed by atoms with van der Waals surface area (Å²) in [6, 6.07) is 4.21. The zero-order valence-electron chi connectivity index (χ0n) is 15.4. The fraction of sp³-hybridized carbons (Fsp3) is 0.619. The zero-order valence-corrected chi connectivity index (χ0v) is 15.4. The molecule has 0 aromatic heterocycles. The molecule has 1 N–H and O–H groups in total. The van der Waals surface area contributed by atoms with Gasteiger partial charge in [0.15, 0.2) is 6.10 Å². The number of ether oxygens (including phenoxy) is 1. The summed E-state index contributed by atoms with van der Waals surface area (Å²) in [4.78, 5) is 24.9. The van der Waals surface area contributed by atoms with Crippen molar-refractivity contribution in [3.8, 4) is 0 Å². The molecule has 1 aromatic rings. The highest BCUT2D eigenvalue weighted by molar-refractivity contribution is 5.92. The van der Waals surface area contributed by atoms with Gasteiger partial charge in [-0.1, -0.05) is 6.07 Å². The minimum absolute atomic E-state index is 0.109. The third-order valence-electron chi connectivity index (χ3n) is 6.49. The lowest BCUT2D eigenvalue weighted by molar-refractivity contribution is -0.134. The molecule has 4 aliphatic carbocycles. The van der Waals surface area contributed by atoms with Gasteiger partial charge in [-0.25, -0.2) is 9.18 Å². The van der Waals surface area contributed by atoms with Crippen molar-refractivity contribution in [1.29, 1.82) is 0 Å². The Morgan fingerprint density at radius 1 is 1.15 bits per heavy atom. The molecule has 140 valence electrons. The summed E-state index contributed by atoms with van der Waals surface area (Å²) in [6.07, 6.45) is 6.17. The first kappa shape index (κ1) is 17.5. The minimum Gasteiger partial charge on any atom is -0.449 e. The number of carbonyl (C=O) groups excluding carboxylic acids is 2. The van der Waals surface area contributed by atoms with Crippen molar-refractivity contribution < 1.29 is 18.7 Å². The van der Waals surface area contributed by atoms with E-state index >= 15 is 0 Å². The van der Waals surface area contributed by atoms with Crippen molar-refractivity contribution in [3.05, 3.63) is 35.1 Å². The molecule has 5 rings (SSSR count). The van der Waals surface area contributed by atoms with E-state index in [1.54, 1.807) is 13.8 Å². The Hall–Kier alpha value is -1.91. The molecular formula is C21H26FNO3. The number of halogens is 1. The van der Waals surface area contributed by atoms with Crippen LogP contribution in [0.25, 0.3) is 0 Å². The molecule has 1 aromatic carbocycles.